The van der Waals surface area contributed by atoms with Gasteiger partial charge in [0.15, 0.2) is 0 Å². The molecule has 1 atom stereocenters. The molecule has 3 N–H and O–H groups in total. The maximum Gasteiger partial charge on any atom is 0.0410 e. The SMILES string of the molecule is CC(C)C[C@H](c1cc(Cl)ccc1N)N1CCNCC1. The van der Waals surface area contributed by atoms with Crippen LogP contribution in [0.3, 0.4) is 0 Å². The van der Waals surface area contributed by atoms with Crippen molar-refractivity contribution in [3.8, 4) is 0 Å². The number of rotatable bonds is 4. The first kappa shape index (κ1) is 14.6. The predicted octanol–water partition coefficient (Wildman–Crippen LogP) is 2.91. The third-order valence-corrected chi connectivity index (χ3v) is 3.93. The molecule has 1 saturated heterocycles. The average Bonchev–Trinajstić information content (AvgIpc) is 2.40. The molecular formula is C15H24ClN3. The molecule has 0 unspecified atom stereocenters. The zero-order chi connectivity index (χ0) is 13.8. The summed E-state index contributed by atoms with van der Waals surface area (Å²) in [6.07, 6.45) is 1.12. The van der Waals surface area contributed by atoms with Gasteiger partial charge in [-0.2, -0.15) is 0 Å². The first-order chi connectivity index (χ1) is 9.08. The summed E-state index contributed by atoms with van der Waals surface area (Å²) in [5.41, 5.74) is 8.21. The summed E-state index contributed by atoms with van der Waals surface area (Å²) in [7, 11) is 0. The number of halogens is 1. The van der Waals surface area contributed by atoms with Crippen LogP contribution < -0.4 is 11.1 Å². The van der Waals surface area contributed by atoms with Crippen molar-refractivity contribution in [1.82, 2.24) is 10.2 Å². The number of nitrogens with one attached hydrogen (secondary N) is 1. The van der Waals surface area contributed by atoms with Gasteiger partial charge in [0.1, 0.15) is 0 Å². The normalized spacial score (nSPS) is 18.7. The van der Waals surface area contributed by atoms with Gasteiger partial charge in [-0.05, 0) is 36.1 Å². The van der Waals surface area contributed by atoms with E-state index in [1.54, 1.807) is 0 Å². The molecule has 1 aromatic rings. The molecule has 1 aromatic carbocycles. The molecule has 1 heterocycles. The molecule has 1 aliphatic rings. The number of hydrogen-bond donors (Lipinski definition) is 2. The lowest BCUT2D eigenvalue weighted by molar-refractivity contribution is 0.154. The van der Waals surface area contributed by atoms with Crippen LogP contribution in [-0.4, -0.2) is 31.1 Å². The van der Waals surface area contributed by atoms with Crippen molar-refractivity contribution in [2.24, 2.45) is 5.92 Å². The highest BCUT2D eigenvalue weighted by atomic mass is 35.5. The number of anilines is 1. The molecule has 4 heteroatoms. The monoisotopic (exact) mass is 281 g/mol. The van der Waals surface area contributed by atoms with Crippen molar-refractivity contribution < 1.29 is 0 Å². The predicted molar refractivity (Wildman–Crippen MR) is 82.5 cm³/mol. The number of nitrogens with two attached hydrogens (primary N) is 1. The van der Waals surface area contributed by atoms with Crippen molar-refractivity contribution in [2.75, 3.05) is 31.9 Å². The minimum absolute atomic E-state index is 0.376. The Hall–Kier alpha value is -0.770. The second-order valence-corrected chi connectivity index (χ2v) is 6.14. The van der Waals surface area contributed by atoms with Crippen LogP contribution in [0.25, 0.3) is 0 Å². The number of hydrogen-bond acceptors (Lipinski definition) is 3. The van der Waals surface area contributed by atoms with Gasteiger partial charge in [-0.25, -0.2) is 0 Å². The van der Waals surface area contributed by atoms with E-state index >= 15 is 0 Å². The van der Waals surface area contributed by atoms with Gasteiger partial charge in [0.05, 0.1) is 0 Å². The van der Waals surface area contributed by atoms with Gasteiger partial charge in [-0.3, -0.25) is 4.90 Å². The standard InChI is InChI=1S/C15H24ClN3/c1-11(2)9-15(19-7-5-18-6-8-19)13-10-12(16)3-4-14(13)17/h3-4,10-11,15,18H,5-9,17H2,1-2H3/t15-/m1/s1. The van der Waals surface area contributed by atoms with Crippen LogP contribution in [0.1, 0.15) is 31.9 Å². The van der Waals surface area contributed by atoms with Gasteiger partial charge in [0.25, 0.3) is 0 Å². The van der Waals surface area contributed by atoms with E-state index in [4.69, 9.17) is 17.3 Å². The van der Waals surface area contributed by atoms with Gasteiger partial charge in [-0.15, -0.1) is 0 Å². The van der Waals surface area contributed by atoms with E-state index < -0.39 is 0 Å². The maximum atomic E-state index is 6.17. The summed E-state index contributed by atoms with van der Waals surface area (Å²) in [5.74, 6) is 0.637. The molecular weight excluding hydrogens is 258 g/mol. The Bertz CT molecular complexity index is 414. The zero-order valence-electron chi connectivity index (χ0n) is 11.8. The third kappa shape index (κ3) is 3.85. The highest BCUT2D eigenvalue weighted by Crippen LogP contribution is 2.33. The molecule has 2 rings (SSSR count). The lowest BCUT2D eigenvalue weighted by Gasteiger charge is -2.36. The largest absolute Gasteiger partial charge is 0.398 e. The van der Waals surface area contributed by atoms with Crippen molar-refractivity contribution in [3.63, 3.8) is 0 Å². The van der Waals surface area contributed by atoms with Gasteiger partial charge < -0.3 is 11.1 Å². The number of benzene rings is 1. The summed E-state index contributed by atoms with van der Waals surface area (Å²) in [4.78, 5) is 2.53. The van der Waals surface area contributed by atoms with Crippen LogP contribution in [-0.2, 0) is 0 Å². The summed E-state index contributed by atoms with van der Waals surface area (Å²) in [6.45, 7) is 8.77. The Morgan fingerprint density at radius 1 is 1.32 bits per heavy atom. The molecule has 0 saturated carbocycles. The second kappa shape index (κ2) is 6.60. The number of piperazine rings is 1. The van der Waals surface area contributed by atoms with Crippen LogP contribution in [0.15, 0.2) is 18.2 Å². The van der Waals surface area contributed by atoms with Crippen molar-refractivity contribution in [1.29, 1.82) is 0 Å². The highest BCUT2D eigenvalue weighted by Gasteiger charge is 2.24. The summed E-state index contributed by atoms with van der Waals surface area (Å²) in [5, 5.41) is 4.17. The molecule has 0 aliphatic carbocycles. The molecule has 0 radical (unpaired) electrons. The molecule has 0 bridgehead atoms. The fourth-order valence-corrected chi connectivity index (χ4v) is 2.93. The molecule has 0 amide bonds. The summed E-state index contributed by atoms with van der Waals surface area (Å²) < 4.78 is 0. The van der Waals surface area contributed by atoms with Gasteiger partial charge in [-0.1, -0.05) is 25.4 Å². The minimum Gasteiger partial charge on any atom is -0.398 e. The Morgan fingerprint density at radius 3 is 2.63 bits per heavy atom. The lowest BCUT2D eigenvalue weighted by Crippen LogP contribution is -2.45. The number of nitrogens with zero attached hydrogens (tertiary/aromatic N) is 1. The van der Waals surface area contributed by atoms with E-state index in [0.717, 1.165) is 43.3 Å². The maximum absolute atomic E-state index is 6.17. The summed E-state index contributed by atoms with van der Waals surface area (Å²) in [6, 6.07) is 6.20. The Labute approximate surface area is 121 Å². The summed E-state index contributed by atoms with van der Waals surface area (Å²) >= 11 is 6.15. The molecule has 0 aromatic heterocycles. The molecule has 1 fully saturated rings. The average molecular weight is 282 g/mol. The molecule has 19 heavy (non-hydrogen) atoms. The van der Waals surface area contributed by atoms with E-state index in [-0.39, 0.29) is 0 Å². The third-order valence-electron chi connectivity index (χ3n) is 3.69. The number of nitrogen functional groups attached to an aromatic ring is 1. The van der Waals surface area contributed by atoms with Crippen LogP contribution in [0.5, 0.6) is 0 Å². The van der Waals surface area contributed by atoms with Gasteiger partial charge in [0, 0.05) is 42.9 Å². The van der Waals surface area contributed by atoms with Crippen LogP contribution in [0, 0.1) is 5.92 Å². The van der Waals surface area contributed by atoms with Crippen molar-refractivity contribution >= 4 is 17.3 Å². The van der Waals surface area contributed by atoms with Crippen LogP contribution >= 0.6 is 11.6 Å². The smallest absolute Gasteiger partial charge is 0.0410 e. The molecule has 0 spiro atoms. The van der Waals surface area contributed by atoms with E-state index in [9.17, 15) is 0 Å². The van der Waals surface area contributed by atoms with Crippen LogP contribution in [0.4, 0.5) is 5.69 Å². The van der Waals surface area contributed by atoms with E-state index in [1.165, 1.54) is 5.56 Å². The van der Waals surface area contributed by atoms with Gasteiger partial charge in [0.2, 0.25) is 0 Å². The molecule has 3 nitrogen and oxygen atoms in total. The quantitative estimate of drug-likeness (QED) is 0.834. The Balaban J connectivity index is 2.27. The first-order valence-corrected chi connectivity index (χ1v) is 7.45. The van der Waals surface area contributed by atoms with E-state index in [1.807, 2.05) is 18.2 Å². The van der Waals surface area contributed by atoms with Gasteiger partial charge >= 0.3 is 0 Å². The second-order valence-electron chi connectivity index (χ2n) is 5.70. The fraction of sp³-hybridized carbons (Fsp3) is 0.600. The lowest BCUT2D eigenvalue weighted by atomic mass is 9.94. The van der Waals surface area contributed by atoms with Crippen molar-refractivity contribution in [3.05, 3.63) is 28.8 Å². The fourth-order valence-electron chi connectivity index (χ4n) is 2.75. The first-order valence-electron chi connectivity index (χ1n) is 7.07. The zero-order valence-corrected chi connectivity index (χ0v) is 12.6. The Kier molecular flexibility index (Phi) is 5.08. The molecule has 1 aliphatic heterocycles. The molecule has 106 valence electrons. The Morgan fingerprint density at radius 2 is 2.00 bits per heavy atom. The highest BCUT2D eigenvalue weighted by molar-refractivity contribution is 6.30. The van der Waals surface area contributed by atoms with E-state index in [2.05, 4.69) is 24.1 Å². The van der Waals surface area contributed by atoms with Crippen molar-refractivity contribution in [2.45, 2.75) is 26.3 Å². The minimum atomic E-state index is 0.376. The topological polar surface area (TPSA) is 41.3 Å². The van der Waals surface area contributed by atoms with E-state index in [0.29, 0.717) is 12.0 Å². The van der Waals surface area contributed by atoms with Crippen LogP contribution in [0.2, 0.25) is 5.02 Å².